The van der Waals surface area contributed by atoms with Crippen molar-refractivity contribution in [1.29, 1.82) is 0 Å². The van der Waals surface area contributed by atoms with Crippen LogP contribution in [0.4, 0.5) is 5.82 Å². The van der Waals surface area contributed by atoms with Gasteiger partial charge in [-0.2, -0.15) is 16.9 Å². The monoisotopic (exact) mass is 239 g/mol. The molecule has 2 aromatic heterocycles. The minimum Gasteiger partial charge on any atom is -0.369 e. The third-order valence-corrected chi connectivity index (χ3v) is 3.25. The van der Waals surface area contributed by atoms with Crippen molar-refractivity contribution in [3.63, 3.8) is 0 Å². The molecule has 2 aromatic rings. The standard InChI is InChI=1S/C9H13N5OS/c1-6(16-2)4-10-7-3-8-12-13-9(15)14(8)5-11-7/h3,5-6,10H,4H2,1-2H3,(H,13,15). The van der Waals surface area contributed by atoms with Crippen molar-refractivity contribution in [1.82, 2.24) is 19.6 Å². The van der Waals surface area contributed by atoms with E-state index < -0.39 is 0 Å². The van der Waals surface area contributed by atoms with Gasteiger partial charge in [-0.15, -0.1) is 0 Å². The Morgan fingerprint density at radius 2 is 2.50 bits per heavy atom. The van der Waals surface area contributed by atoms with E-state index in [1.54, 1.807) is 17.8 Å². The van der Waals surface area contributed by atoms with Crippen molar-refractivity contribution in [2.75, 3.05) is 18.1 Å². The Balaban J connectivity index is 2.17. The number of nitrogens with one attached hydrogen (secondary N) is 2. The molecule has 0 aromatic carbocycles. The second kappa shape index (κ2) is 4.56. The van der Waals surface area contributed by atoms with E-state index in [2.05, 4.69) is 33.7 Å². The molecule has 86 valence electrons. The molecule has 0 spiro atoms. The van der Waals surface area contributed by atoms with Crippen LogP contribution >= 0.6 is 11.8 Å². The lowest BCUT2D eigenvalue weighted by molar-refractivity contribution is 0.968. The van der Waals surface area contributed by atoms with Crippen LogP contribution < -0.4 is 11.0 Å². The Hall–Kier alpha value is -1.50. The first kappa shape index (κ1) is 11.0. The van der Waals surface area contributed by atoms with Crippen molar-refractivity contribution in [2.45, 2.75) is 12.2 Å². The van der Waals surface area contributed by atoms with E-state index in [1.165, 1.54) is 10.7 Å². The molecule has 0 saturated carbocycles. The van der Waals surface area contributed by atoms with Gasteiger partial charge in [0.2, 0.25) is 0 Å². The van der Waals surface area contributed by atoms with E-state index in [0.29, 0.717) is 10.9 Å². The van der Waals surface area contributed by atoms with E-state index in [9.17, 15) is 4.79 Å². The molecule has 1 unspecified atom stereocenters. The van der Waals surface area contributed by atoms with Crippen LogP contribution in [0.3, 0.4) is 0 Å². The molecular formula is C9H13N5OS. The summed E-state index contributed by atoms with van der Waals surface area (Å²) in [6, 6.07) is 1.74. The molecule has 2 N–H and O–H groups in total. The largest absolute Gasteiger partial charge is 0.369 e. The molecule has 0 aliphatic rings. The van der Waals surface area contributed by atoms with Gasteiger partial charge in [-0.1, -0.05) is 6.92 Å². The average Bonchev–Trinajstić information content (AvgIpc) is 2.67. The van der Waals surface area contributed by atoms with Crippen LogP contribution in [0.5, 0.6) is 0 Å². The topological polar surface area (TPSA) is 75.1 Å². The van der Waals surface area contributed by atoms with Crippen LogP contribution in [-0.4, -0.2) is 37.6 Å². The van der Waals surface area contributed by atoms with E-state index in [1.807, 2.05) is 0 Å². The Bertz CT molecular complexity index is 534. The number of nitrogens with zero attached hydrogens (tertiary/aromatic N) is 3. The van der Waals surface area contributed by atoms with Gasteiger partial charge in [-0.05, 0) is 6.26 Å². The van der Waals surface area contributed by atoms with Crippen molar-refractivity contribution < 1.29 is 0 Å². The Morgan fingerprint density at radius 1 is 1.69 bits per heavy atom. The summed E-state index contributed by atoms with van der Waals surface area (Å²) in [4.78, 5) is 15.3. The fourth-order valence-electron chi connectivity index (χ4n) is 1.24. The van der Waals surface area contributed by atoms with Gasteiger partial charge in [-0.3, -0.25) is 0 Å². The summed E-state index contributed by atoms with van der Waals surface area (Å²) in [5, 5.41) is 9.94. The first-order valence-electron chi connectivity index (χ1n) is 4.90. The zero-order valence-electron chi connectivity index (χ0n) is 9.10. The van der Waals surface area contributed by atoms with E-state index in [4.69, 9.17) is 0 Å². The lowest BCUT2D eigenvalue weighted by Gasteiger charge is -2.09. The summed E-state index contributed by atoms with van der Waals surface area (Å²) in [7, 11) is 0. The number of thioether (sulfide) groups is 1. The predicted octanol–water partition coefficient (Wildman–Crippen LogP) is 0.581. The minimum absolute atomic E-state index is 0.272. The molecule has 16 heavy (non-hydrogen) atoms. The fourth-order valence-corrected chi connectivity index (χ4v) is 1.49. The maximum atomic E-state index is 11.2. The van der Waals surface area contributed by atoms with Crippen molar-refractivity contribution in [3.8, 4) is 0 Å². The molecule has 1 atom stereocenters. The van der Waals surface area contributed by atoms with E-state index in [0.717, 1.165) is 12.4 Å². The summed E-state index contributed by atoms with van der Waals surface area (Å²) >= 11 is 1.78. The lowest BCUT2D eigenvalue weighted by Crippen LogP contribution is -2.14. The first-order valence-corrected chi connectivity index (χ1v) is 6.19. The summed E-state index contributed by atoms with van der Waals surface area (Å²) in [5.74, 6) is 0.729. The molecule has 0 aliphatic heterocycles. The van der Waals surface area contributed by atoms with E-state index >= 15 is 0 Å². The van der Waals surface area contributed by atoms with Crippen LogP contribution in [-0.2, 0) is 0 Å². The van der Waals surface area contributed by atoms with Crippen molar-refractivity contribution >= 4 is 23.2 Å². The van der Waals surface area contributed by atoms with Gasteiger partial charge in [0.15, 0.2) is 5.65 Å². The second-order valence-electron chi connectivity index (χ2n) is 3.46. The van der Waals surface area contributed by atoms with Crippen LogP contribution in [0.15, 0.2) is 17.2 Å². The SMILES string of the molecule is CSC(C)CNc1cc2n[nH]c(=O)n2cn1. The maximum Gasteiger partial charge on any atom is 0.348 e. The van der Waals surface area contributed by atoms with Crippen LogP contribution in [0, 0.1) is 0 Å². The van der Waals surface area contributed by atoms with Gasteiger partial charge in [0, 0.05) is 17.9 Å². The Morgan fingerprint density at radius 3 is 3.25 bits per heavy atom. The average molecular weight is 239 g/mol. The zero-order chi connectivity index (χ0) is 11.5. The number of H-pyrrole nitrogens is 1. The van der Waals surface area contributed by atoms with Crippen LogP contribution in [0.2, 0.25) is 0 Å². The first-order chi connectivity index (χ1) is 7.70. The Labute approximate surface area is 96.5 Å². The third-order valence-electron chi connectivity index (χ3n) is 2.28. The van der Waals surface area contributed by atoms with Crippen LogP contribution in [0.25, 0.3) is 5.65 Å². The number of fused-ring (bicyclic) bond motifs is 1. The molecule has 0 bridgehead atoms. The number of hydrogen-bond donors (Lipinski definition) is 2. The summed E-state index contributed by atoms with van der Waals surface area (Å²) in [6.07, 6.45) is 3.53. The van der Waals surface area contributed by atoms with E-state index in [-0.39, 0.29) is 5.69 Å². The highest BCUT2D eigenvalue weighted by Crippen LogP contribution is 2.08. The van der Waals surface area contributed by atoms with Gasteiger partial charge in [0.25, 0.3) is 0 Å². The Kier molecular flexibility index (Phi) is 3.14. The lowest BCUT2D eigenvalue weighted by atomic mass is 10.4. The maximum absolute atomic E-state index is 11.2. The molecule has 0 amide bonds. The highest BCUT2D eigenvalue weighted by atomic mass is 32.2. The minimum atomic E-state index is -0.272. The van der Waals surface area contributed by atoms with Crippen LogP contribution in [0.1, 0.15) is 6.92 Å². The quantitative estimate of drug-likeness (QED) is 0.816. The molecule has 2 rings (SSSR count). The normalized spacial score (nSPS) is 12.9. The molecular weight excluding hydrogens is 226 g/mol. The van der Waals surface area contributed by atoms with Gasteiger partial charge in [-0.25, -0.2) is 19.3 Å². The zero-order valence-corrected chi connectivity index (χ0v) is 9.91. The summed E-state index contributed by atoms with van der Waals surface area (Å²) < 4.78 is 1.36. The number of hydrogen-bond acceptors (Lipinski definition) is 5. The molecule has 0 saturated heterocycles. The molecule has 0 fully saturated rings. The summed E-state index contributed by atoms with van der Waals surface area (Å²) in [6.45, 7) is 2.97. The number of aromatic amines is 1. The molecule has 0 aliphatic carbocycles. The number of rotatable bonds is 4. The molecule has 0 radical (unpaired) electrons. The fraction of sp³-hybridized carbons (Fsp3) is 0.444. The highest BCUT2D eigenvalue weighted by molar-refractivity contribution is 7.99. The van der Waals surface area contributed by atoms with Gasteiger partial charge in [0.05, 0.1) is 0 Å². The molecule has 2 heterocycles. The van der Waals surface area contributed by atoms with Crippen molar-refractivity contribution in [2.24, 2.45) is 0 Å². The molecule has 6 nitrogen and oxygen atoms in total. The van der Waals surface area contributed by atoms with Gasteiger partial charge >= 0.3 is 5.69 Å². The smallest absolute Gasteiger partial charge is 0.348 e. The van der Waals surface area contributed by atoms with Gasteiger partial charge in [0.1, 0.15) is 12.1 Å². The highest BCUT2D eigenvalue weighted by Gasteiger charge is 2.03. The number of aromatic nitrogens is 4. The second-order valence-corrected chi connectivity index (χ2v) is 4.73. The van der Waals surface area contributed by atoms with Crippen molar-refractivity contribution in [3.05, 3.63) is 22.9 Å². The predicted molar refractivity (Wildman–Crippen MR) is 65.1 cm³/mol. The third kappa shape index (κ3) is 2.19. The summed E-state index contributed by atoms with van der Waals surface area (Å²) in [5.41, 5.74) is 0.297. The molecule has 7 heteroatoms. The number of anilines is 1. The van der Waals surface area contributed by atoms with Gasteiger partial charge < -0.3 is 5.32 Å².